The maximum absolute atomic E-state index is 14.0. The molecule has 1 aliphatic rings. The minimum Gasteiger partial charge on any atom is -0.480 e. The SMILES string of the molecule is CC(C)(C=O)Oc1ccc(-c2cccc(N(CCCCCc3noc(C(C)(C)F)n3)C(=O)[C@H]3C[C@](O)(C(F)(F)F)C3)c2)cc1. The van der Waals surface area contributed by atoms with Gasteiger partial charge in [0.2, 0.25) is 5.91 Å². The number of aryl methyl sites for hydroxylation is 1. The lowest BCUT2D eigenvalue weighted by Crippen LogP contribution is -2.59. The van der Waals surface area contributed by atoms with Crippen LogP contribution in [0.5, 0.6) is 5.75 Å². The molecule has 44 heavy (non-hydrogen) atoms. The summed E-state index contributed by atoms with van der Waals surface area (Å²) < 4.78 is 64.5. The van der Waals surface area contributed by atoms with Crippen molar-refractivity contribution in [3.63, 3.8) is 0 Å². The monoisotopic (exact) mass is 619 g/mol. The van der Waals surface area contributed by atoms with Crippen molar-refractivity contribution in [2.75, 3.05) is 11.4 Å². The molecule has 0 saturated heterocycles. The number of unbranched alkanes of at least 4 members (excludes halogenated alkanes) is 2. The number of ether oxygens (including phenoxy) is 1. The lowest BCUT2D eigenvalue weighted by molar-refractivity contribution is -0.295. The average Bonchev–Trinajstić information content (AvgIpc) is 3.42. The van der Waals surface area contributed by atoms with Crippen molar-refractivity contribution in [3.05, 3.63) is 60.2 Å². The van der Waals surface area contributed by atoms with Gasteiger partial charge in [0, 0.05) is 24.6 Å². The second kappa shape index (κ2) is 12.7. The molecule has 1 fully saturated rings. The van der Waals surface area contributed by atoms with Crippen LogP contribution in [0.3, 0.4) is 0 Å². The summed E-state index contributed by atoms with van der Waals surface area (Å²) in [4.78, 5) is 30.3. The highest BCUT2D eigenvalue weighted by atomic mass is 19.4. The number of nitrogens with zero attached hydrogens (tertiary/aromatic N) is 3. The number of aromatic nitrogens is 2. The third-order valence-electron chi connectivity index (χ3n) is 7.58. The van der Waals surface area contributed by atoms with Crippen LogP contribution in [-0.2, 0) is 21.7 Å². The minimum atomic E-state index is -4.81. The van der Waals surface area contributed by atoms with Gasteiger partial charge in [-0.25, -0.2) is 4.39 Å². The molecule has 1 amide bonds. The first-order valence-corrected chi connectivity index (χ1v) is 14.5. The van der Waals surface area contributed by atoms with Gasteiger partial charge in [0.1, 0.15) is 5.75 Å². The highest BCUT2D eigenvalue weighted by Crippen LogP contribution is 2.49. The Balaban J connectivity index is 1.47. The van der Waals surface area contributed by atoms with E-state index in [1.165, 1.54) is 18.7 Å². The first-order chi connectivity index (χ1) is 20.5. The van der Waals surface area contributed by atoms with E-state index in [-0.39, 0.29) is 12.4 Å². The Hall–Kier alpha value is -3.80. The smallest absolute Gasteiger partial charge is 0.417 e. The molecular weight excluding hydrogens is 582 g/mol. The maximum Gasteiger partial charge on any atom is 0.417 e. The molecule has 1 saturated carbocycles. The molecule has 1 aromatic heterocycles. The van der Waals surface area contributed by atoms with Crippen LogP contribution in [0.15, 0.2) is 53.1 Å². The van der Waals surface area contributed by atoms with Crippen LogP contribution in [0.4, 0.5) is 23.2 Å². The van der Waals surface area contributed by atoms with Gasteiger partial charge in [-0.15, -0.1) is 0 Å². The van der Waals surface area contributed by atoms with E-state index < -0.39 is 47.7 Å². The molecule has 12 heteroatoms. The van der Waals surface area contributed by atoms with Crippen LogP contribution in [0.25, 0.3) is 11.1 Å². The van der Waals surface area contributed by atoms with Crippen molar-refractivity contribution in [1.29, 1.82) is 0 Å². The summed E-state index contributed by atoms with van der Waals surface area (Å²) in [5.74, 6) is -0.672. The summed E-state index contributed by atoms with van der Waals surface area (Å²) in [5, 5.41) is 13.8. The lowest BCUT2D eigenvalue weighted by Gasteiger charge is -2.45. The number of carbonyl (C=O) groups is 2. The van der Waals surface area contributed by atoms with E-state index in [9.17, 15) is 32.3 Å². The number of benzene rings is 2. The molecule has 0 aliphatic heterocycles. The maximum atomic E-state index is 14.0. The van der Waals surface area contributed by atoms with Crippen molar-refractivity contribution in [1.82, 2.24) is 10.1 Å². The number of carbonyl (C=O) groups excluding carboxylic acids is 2. The van der Waals surface area contributed by atoms with Crippen LogP contribution < -0.4 is 9.64 Å². The third kappa shape index (κ3) is 7.82. The highest BCUT2D eigenvalue weighted by molar-refractivity contribution is 5.96. The number of alkyl halides is 4. The van der Waals surface area contributed by atoms with E-state index in [1.54, 1.807) is 44.2 Å². The summed E-state index contributed by atoms with van der Waals surface area (Å²) in [6.07, 6.45) is -3.23. The first-order valence-electron chi connectivity index (χ1n) is 14.5. The standard InChI is InChI=1S/C32H37F4N3O5/c1-29(2,20-40)43-25-14-12-21(13-15-25)22-9-8-10-24(17-22)39(27(41)23-18-31(42,19-23)32(34,35)36)16-7-5-6-11-26-37-28(44-38-26)30(3,4)33/h8-10,12-15,17,20,23,42H,5-7,11,16,18-19H2,1-4H3/t23-,31+. The van der Waals surface area contributed by atoms with Crippen molar-refractivity contribution in [3.8, 4) is 16.9 Å². The topological polar surface area (TPSA) is 106 Å². The van der Waals surface area contributed by atoms with Gasteiger partial charge in [-0.1, -0.05) is 35.8 Å². The van der Waals surface area contributed by atoms with Crippen molar-refractivity contribution < 1.29 is 41.5 Å². The van der Waals surface area contributed by atoms with Crippen LogP contribution >= 0.6 is 0 Å². The number of hydrogen-bond acceptors (Lipinski definition) is 7. The van der Waals surface area contributed by atoms with E-state index in [0.717, 1.165) is 11.1 Å². The number of amides is 1. The van der Waals surface area contributed by atoms with E-state index in [4.69, 9.17) is 9.26 Å². The van der Waals surface area contributed by atoms with Crippen molar-refractivity contribution >= 4 is 17.9 Å². The van der Waals surface area contributed by atoms with Crippen molar-refractivity contribution in [2.45, 2.75) is 89.3 Å². The molecule has 4 rings (SSSR count). The summed E-state index contributed by atoms with van der Waals surface area (Å²) >= 11 is 0. The summed E-state index contributed by atoms with van der Waals surface area (Å²) in [6.45, 7) is 6.18. The first kappa shape index (κ1) is 33.1. The van der Waals surface area contributed by atoms with Crippen LogP contribution in [-0.4, -0.2) is 51.4 Å². The second-order valence-corrected chi connectivity index (χ2v) is 12.3. The predicted octanol–water partition coefficient (Wildman–Crippen LogP) is 6.75. The Morgan fingerprint density at radius 3 is 2.32 bits per heavy atom. The molecule has 0 unspecified atom stereocenters. The average molecular weight is 620 g/mol. The van der Waals surface area contributed by atoms with Gasteiger partial charge in [0.25, 0.3) is 5.89 Å². The zero-order valence-corrected chi connectivity index (χ0v) is 25.2. The number of hydrogen-bond donors (Lipinski definition) is 1. The number of aldehydes is 1. The summed E-state index contributed by atoms with van der Waals surface area (Å²) in [7, 11) is 0. The predicted molar refractivity (Wildman–Crippen MR) is 155 cm³/mol. The fourth-order valence-electron chi connectivity index (χ4n) is 4.97. The Morgan fingerprint density at radius 1 is 1.05 bits per heavy atom. The van der Waals surface area contributed by atoms with Crippen LogP contribution in [0.2, 0.25) is 0 Å². The van der Waals surface area contributed by atoms with Gasteiger partial charge in [0.05, 0.1) is 0 Å². The van der Waals surface area contributed by atoms with Gasteiger partial charge < -0.3 is 19.3 Å². The Bertz CT molecular complexity index is 1440. The van der Waals surface area contributed by atoms with Gasteiger partial charge in [0.15, 0.2) is 29.0 Å². The quantitative estimate of drug-likeness (QED) is 0.128. The summed E-state index contributed by atoms with van der Waals surface area (Å²) in [5.41, 5.74) is -3.50. The molecule has 1 heterocycles. The number of aliphatic hydroxyl groups is 1. The van der Waals surface area contributed by atoms with E-state index in [2.05, 4.69) is 10.1 Å². The zero-order chi connectivity index (χ0) is 32.3. The number of anilines is 1. The molecule has 0 atom stereocenters. The largest absolute Gasteiger partial charge is 0.480 e. The van der Waals surface area contributed by atoms with Gasteiger partial charge >= 0.3 is 6.18 Å². The Morgan fingerprint density at radius 2 is 1.73 bits per heavy atom. The van der Waals surface area contributed by atoms with E-state index >= 15 is 0 Å². The van der Waals surface area contributed by atoms with Crippen LogP contribution in [0.1, 0.15) is 71.5 Å². The summed E-state index contributed by atoms with van der Waals surface area (Å²) in [6, 6.07) is 14.2. The molecule has 0 bridgehead atoms. The van der Waals surface area contributed by atoms with Gasteiger partial charge in [-0.05, 0) is 88.8 Å². The molecule has 3 aromatic rings. The van der Waals surface area contributed by atoms with Crippen molar-refractivity contribution in [2.24, 2.45) is 5.92 Å². The van der Waals surface area contributed by atoms with Gasteiger partial charge in [-0.3, -0.25) is 9.59 Å². The second-order valence-electron chi connectivity index (χ2n) is 12.3. The molecule has 0 spiro atoms. The number of rotatable bonds is 13. The third-order valence-corrected chi connectivity index (χ3v) is 7.58. The van der Waals surface area contributed by atoms with E-state index in [1.807, 2.05) is 18.2 Å². The number of halogens is 4. The fraction of sp³-hybridized carbons (Fsp3) is 0.500. The minimum absolute atomic E-state index is 0.101. The molecule has 1 aliphatic carbocycles. The molecule has 8 nitrogen and oxygen atoms in total. The molecular formula is C32H37F4N3O5. The zero-order valence-electron chi connectivity index (χ0n) is 25.2. The molecule has 0 radical (unpaired) electrons. The van der Waals surface area contributed by atoms with E-state index in [0.29, 0.717) is 49.2 Å². The normalized spacial score (nSPS) is 18.9. The van der Waals surface area contributed by atoms with Gasteiger partial charge in [-0.2, -0.15) is 18.2 Å². The lowest BCUT2D eigenvalue weighted by atomic mass is 9.69. The Kier molecular flexibility index (Phi) is 9.53. The Labute approximate surface area is 253 Å². The molecule has 2 aromatic carbocycles. The molecule has 238 valence electrons. The fourth-order valence-corrected chi connectivity index (χ4v) is 4.97. The highest BCUT2D eigenvalue weighted by Gasteiger charge is 2.63. The van der Waals surface area contributed by atoms with Crippen LogP contribution in [0, 0.1) is 5.92 Å². The molecule has 1 N–H and O–H groups in total.